The van der Waals surface area contributed by atoms with Gasteiger partial charge in [0, 0.05) is 51.0 Å². The molecule has 3 heterocycles. The normalized spacial score (nSPS) is 15.0. The fourth-order valence-corrected chi connectivity index (χ4v) is 4.58. The van der Waals surface area contributed by atoms with E-state index in [0.717, 1.165) is 48.9 Å². The number of hydrogen-bond acceptors (Lipinski definition) is 6. The minimum Gasteiger partial charge on any atom is -0.380 e. The lowest BCUT2D eigenvalue weighted by Gasteiger charge is -2.20. The number of nitrogens with zero attached hydrogens (tertiary/aromatic N) is 4. The van der Waals surface area contributed by atoms with E-state index in [1.807, 2.05) is 4.90 Å². The summed E-state index contributed by atoms with van der Waals surface area (Å²) in [5.74, 6) is 0.309. The van der Waals surface area contributed by atoms with Gasteiger partial charge < -0.3 is 9.64 Å². The minimum absolute atomic E-state index is 0.0712. The van der Waals surface area contributed by atoms with E-state index in [4.69, 9.17) is 4.74 Å². The maximum atomic E-state index is 12.8. The summed E-state index contributed by atoms with van der Waals surface area (Å²) in [6.45, 7) is 1.85. The summed E-state index contributed by atoms with van der Waals surface area (Å²) < 4.78 is 7.68. The Morgan fingerprint density at radius 1 is 1.14 bits per heavy atom. The van der Waals surface area contributed by atoms with Crippen LogP contribution in [-0.2, 0) is 30.2 Å². The van der Waals surface area contributed by atoms with Gasteiger partial charge in [0.2, 0.25) is 5.91 Å². The molecule has 1 aliphatic heterocycles. The summed E-state index contributed by atoms with van der Waals surface area (Å²) in [6, 6.07) is 0. The highest BCUT2D eigenvalue weighted by Gasteiger charge is 2.21. The van der Waals surface area contributed by atoms with Crippen LogP contribution in [0.15, 0.2) is 20.7 Å². The second kappa shape index (κ2) is 8.91. The van der Waals surface area contributed by atoms with Crippen LogP contribution in [-0.4, -0.2) is 50.9 Å². The molecule has 0 bridgehead atoms. The van der Waals surface area contributed by atoms with E-state index in [1.54, 1.807) is 20.4 Å². The average molecular weight is 407 g/mol. The van der Waals surface area contributed by atoms with Crippen LogP contribution in [0, 0.1) is 0 Å². The van der Waals surface area contributed by atoms with Crippen molar-refractivity contribution in [3.8, 4) is 0 Å². The van der Waals surface area contributed by atoms with Crippen molar-refractivity contribution in [2.45, 2.75) is 37.2 Å². The molecule has 8 nitrogen and oxygen atoms in total. The van der Waals surface area contributed by atoms with E-state index in [-0.39, 0.29) is 18.3 Å². The summed E-state index contributed by atoms with van der Waals surface area (Å²) in [6.07, 6.45) is 6.00. The van der Waals surface area contributed by atoms with Crippen molar-refractivity contribution in [1.29, 1.82) is 0 Å². The molecule has 0 aromatic carbocycles. The van der Waals surface area contributed by atoms with Crippen molar-refractivity contribution in [3.63, 3.8) is 0 Å². The van der Waals surface area contributed by atoms with E-state index in [0.29, 0.717) is 15.9 Å². The van der Waals surface area contributed by atoms with Gasteiger partial charge in [-0.15, -0.1) is 11.8 Å². The van der Waals surface area contributed by atoms with Gasteiger partial charge in [-0.25, -0.2) is 9.78 Å². The summed E-state index contributed by atoms with van der Waals surface area (Å²) in [4.78, 5) is 44.7. The lowest BCUT2D eigenvalue weighted by Crippen LogP contribution is -2.37. The second-order valence-electron chi connectivity index (χ2n) is 7.03. The van der Waals surface area contributed by atoms with Crippen LogP contribution >= 0.6 is 11.8 Å². The predicted octanol–water partition coefficient (Wildman–Crippen LogP) is 1.27. The van der Waals surface area contributed by atoms with E-state index < -0.39 is 11.2 Å². The molecule has 0 N–H and O–H groups in total. The summed E-state index contributed by atoms with van der Waals surface area (Å²) >= 11 is 1.32. The fraction of sp³-hybridized carbons (Fsp3) is 0.579. The molecular weight excluding hydrogens is 380 g/mol. The number of aromatic nitrogens is 3. The third-order valence-electron chi connectivity index (χ3n) is 5.09. The molecule has 1 amide bonds. The standard InChI is InChI=1S/C19H26N4O4S/c1-21-17-15(18(25)22(2)19(21)26)16(13(10-20-17)11-27-3)28-12-14(24)23-8-6-4-5-7-9-23/h10H,4-9,11-12H2,1-3H3. The highest BCUT2D eigenvalue weighted by Crippen LogP contribution is 2.29. The topological polar surface area (TPSA) is 86.4 Å². The van der Waals surface area contributed by atoms with Gasteiger partial charge in [0.05, 0.1) is 17.7 Å². The lowest BCUT2D eigenvalue weighted by atomic mass is 10.2. The fourth-order valence-electron chi connectivity index (χ4n) is 3.51. The Labute approximate surface area is 167 Å². The van der Waals surface area contributed by atoms with Gasteiger partial charge in [0.1, 0.15) is 5.65 Å². The molecule has 152 valence electrons. The summed E-state index contributed by atoms with van der Waals surface area (Å²) in [5.41, 5.74) is 0.214. The molecule has 0 spiro atoms. The van der Waals surface area contributed by atoms with Crippen LogP contribution in [0.3, 0.4) is 0 Å². The Balaban J connectivity index is 2.00. The number of aryl methyl sites for hydroxylation is 1. The molecule has 0 atom stereocenters. The minimum atomic E-state index is -0.430. The maximum Gasteiger partial charge on any atom is 0.332 e. The molecule has 2 aromatic heterocycles. The van der Waals surface area contributed by atoms with Gasteiger partial charge in [0.25, 0.3) is 5.56 Å². The van der Waals surface area contributed by atoms with Gasteiger partial charge in [-0.05, 0) is 12.8 Å². The molecule has 1 fully saturated rings. The van der Waals surface area contributed by atoms with Gasteiger partial charge >= 0.3 is 5.69 Å². The van der Waals surface area contributed by atoms with Crippen molar-refractivity contribution in [3.05, 3.63) is 32.6 Å². The average Bonchev–Trinajstić information content (AvgIpc) is 2.99. The molecule has 0 aliphatic carbocycles. The van der Waals surface area contributed by atoms with E-state index in [9.17, 15) is 14.4 Å². The number of methoxy groups -OCH3 is 1. The van der Waals surface area contributed by atoms with E-state index in [2.05, 4.69) is 4.98 Å². The Morgan fingerprint density at radius 2 is 1.82 bits per heavy atom. The molecule has 1 saturated heterocycles. The van der Waals surface area contributed by atoms with Gasteiger partial charge in [-0.2, -0.15) is 0 Å². The molecule has 0 radical (unpaired) electrons. The Hall–Kier alpha value is -2.13. The smallest absolute Gasteiger partial charge is 0.332 e. The Bertz CT molecular complexity index is 990. The third-order valence-corrected chi connectivity index (χ3v) is 6.24. The van der Waals surface area contributed by atoms with Gasteiger partial charge in [-0.1, -0.05) is 12.8 Å². The molecule has 2 aromatic rings. The third kappa shape index (κ3) is 4.00. The molecule has 0 unspecified atom stereocenters. The molecule has 3 rings (SSSR count). The zero-order valence-electron chi connectivity index (χ0n) is 16.6. The zero-order valence-corrected chi connectivity index (χ0v) is 17.4. The van der Waals surface area contributed by atoms with Crippen LogP contribution < -0.4 is 11.2 Å². The first-order valence-corrected chi connectivity index (χ1v) is 10.4. The van der Waals surface area contributed by atoms with Gasteiger partial charge in [-0.3, -0.25) is 18.7 Å². The number of ether oxygens (including phenoxy) is 1. The molecule has 0 saturated carbocycles. The highest BCUT2D eigenvalue weighted by atomic mass is 32.2. The van der Waals surface area contributed by atoms with Crippen molar-refractivity contribution >= 4 is 28.7 Å². The van der Waals surface area contributed by atoms with Crippen LogP contribution in [0.4, 0.5) is 0 Å². The maximum absolute atomic E-state index is 12.8. The number of thioether (sulfide) groups is 1. The second-order valence-corrected chi connectivity index (χ2v) is 8.02. The predicted molar refractivity (Wildman–Crippen MR) is 109 cm³/mol. The number of fused-ring (bicyclic) bond motifs is 1. The number of carbonyl (C=O) groups excluding carboxylic acids is 1. The lowest BCUT2D eigenvalue weighted by molar-refractivity contribution is -0.128. The number of rotatable bonds is 5. The van der Waals surface area contributed by atoms with Crippen molar-refractivity contribution in [2.24, 2.45) is 14.1 Å². The number of amides is 1. The first-order valence-electron chi connectivity index (χ1n) is 9.42. The van der Waals surface area contributed by atoms with Crippen LogP contribution in [0.25, 0.3) is 11.0 Å². The number of hydrogen-bond donors (Lipinski definition) is 0. The molecule has 1 aliphatic rings. The highest BCUT2D eigenvalue weighted by molar-refractivity contribution is 8.00. The first-order chi connectivity index (χ1) is 13.5. The van der Waals surface area contributed by atoms with E-state index in [1.165, 1.54) is 23.4 Å². The molecule has 28 heavy (non-hydrogen) atoms. The van der Waals surface area contributed by atoms with E-state index >= 15 is 0 Å². The largest absolute Gasteiger partial charge is 0.380 e. The number of pyridine rings is 1. The summed E-state index contributed by atoms with van der Waals surface area (Å²) in [5, 5.41) is 0.354. The Morgan fingerprint density at radius 3 is 2.46 bits per heavy atom. The monoisotopic (exact) mass is 406 g/mol. The number of carbonyl (C=O) groups is 1. The summed E-state index contributed by atoms with van der Waals surface area (Å²) in [7, 11) is 4.60. The van der Waals surface area contributed by atoms with Crippen molar-refractivity contribution < 1.29 is 9.53 Å². The molecular formula is C19H26N4O4S. The van der Waals surface area contributed by atoms with Gasteiger partial charge in [0.15, 0.2) is 0 Å². The van der Waals surface area contributed by atoms with Crippen LogP contribution in [0.5, 0.6) is 0 Å². The quantitative estimate of drug-likeness (QED) is 0.695. The first kappa shape index (κ1) is 20.6. The van der Waals surface area contributed by atoms with Crippen LogP contribution in [0.2, 0.25) is 0 Å². The number of likely N-dealkylation sites (tertiary alicyclic amines) is 1. The zero-order chi connectivity index (χ0) is 20.3. The SMILES string of the molecule is COCc1cnc2c(c1SCC(=O)N1CCCCCC1)c(=O)n(C)c(=O)n2C. The van der Waals surface area contributed by atoms with Crippen molar-refractivity contribution in [2.75, 3.05) is 26.0 Å². The molecule has 9 heteroatoms. The van der Waals surface area contributed by atoms with Crippen molar-refractivity contribution in [1.82, 2.24) is 19.0 Å². The van der Waals surface area contributed by atoms with Crippen LogP contribution in [0.1, 0.15) is 31.2 Å². The Kier molecular flexibility index (Phi) is 6.56.